The normalized spacial score (nSPS) is 24.7. The van der Waals surface area contributed by atoms with E-state index in [9.17, 15) is 21.0 Å². The molecule has 280 valence electrons. The number of nitrogens with zero attached hydrogens (tertiary/aromatic N) is 4. The minimum atomic E-state index is -0.0280. The van der Waals surface area contributed by atoms with E-state index in [2.05, 4.69) is 72.9 Å². The number of hydrogen-bond acceptors (Lipinski definition) is 4. The van der Waals surface area contributed by atoms with Crippen molar-refractivity contribution < 1.29 is 0 Å². The molecule has 8 bridgehead atoms. The van der Waals surface area contributed by atoms with E-state index in [4.69, 9.17) is 0 Å². The van der Waals surface area contributed by atoms with Crippen molar-refractivity contribution in [3.8, 4) is 24.3 Å². The Labute approximate surface area is 349 Å². The predicted molar refractivity (Wildman–Crippen MR) is 235 cm³/mol. The van der Waals surface area contributed by atoms with Crippen LogP contribution in [0.5, 0.6) is 0 Å². The second-order valence-corrected chi connectivity index (χ2v) is 18.2. The van der Waals surface area contributed by atoms with Gasteiger partial charge in [0.25, 0.3) is 0 Å². The van der Waals surface area contributed by atoms with E-state index in [1.165, 1.54) is 66.9 Å². The highest BCUT2D eigenvalue weighted by Gasteiger charge is 2.42. The Morgan fingerprint density at radius 2 is 0.767 bits per heavy atom. The fraction of sp³-hybridized carbons (Fsp3) is 0.214. The summed E-state index contributed by atoms with van der Waals surface area (Å²) in [4.78, 5) is 0. The number of fused-ring (bicyclic) bond motifs is 8. The zero-order valence-electron chi connectivity index (χ0n) is 33.0. The topological polar surface area (TPSA) is 95.2 Å². The van der Waals surface area contributed by atoms with Crippen LogP contribution in [0.4, 0.5) is 0 Å². The molecule has 4 unspecified atom stereocenters. The van der Waals surface area contributed by atoms with Gasteiger partial charge in [0.2, 0.25) is 0 Å². The van der Waals surface area contributed by atoms with Crippen molar-refractivity contribution in [1.82, 2.24) is 0 Å². The van der Waals surface area contributed by atoms with Gasteiger partial charge < -0.3 is 0 Å². The molecule has 0 aliphatic heterocycles. The lowest BCUT2D eigenvalue weighted by molar-refractivity contribution is 0.724. The average Bonchev–Trinajstić information content (AvgIpc) is 3.67. The largest absolute Gasteiger partial charge is 0.192 e. The monoisotopic (exact) mass is 764 g/mol. The van der Waals surface area contributed by atoms with E-state index in [-0.39, 0.29) is 23.7 Å². The molecule has 0 amide bonds. The summed E-state index contributed by atoms with van der Waals surface area (Å²) in [5.74, 6) is 0.233. The quantitative estimate of drug-likeness (QED) is 0.178. The molecule has 4 heteroatoms. The summed E-state index contributed by atoms with van der Waals surface area (Å²) in [6, 6.07) is 26.8. The number of nitriles is 4. The Morgan fingerprint density at radius 3 is 1.17 bits per heavy atom. The highest BCUT2D eigenvalue weighted by Crippen LogP contribution is 2.58. The summed E-state index contributed by atoms with van der Waals surface area (Å²) in [6.07, 6.45) is 25.8. The van der Waals surface area contributed by atoms with Crippen molar-refractivity contribution >= 4 is 32.7 Å². The molecule has 0 radical (unpaired) electrons. The minimum Gasteiger partial charge on any atom is -0.192 e. The molecule has 0 saturated carbocycles. The SMILES string of the molecule is N#Cc1c2c(c(C#N)c3ccccc13)C1CC3=C4C=C1CC1=C2CC2C=CC5=C(C=C6CC7=C(CC(C=C3)C(=C7)C4)c3c(c(C#N)c4ccccc4c3C#N)C6C5)CC2=C1. The van der Waals surface area contributed by atoms with Crippen molar-refractivity contribution in [2.45, 2.75) is 63.2 Å². The summed E-state index contributed by atoms with van der Waals surface area (Å²) in [7, 11) is 0. The second-order valence-electron chi connectivity index (χ2n) is 18.2. The van der Waals surface area contributed by atoms with Gasteiger partial charge in [0.15, 0.2) is 0 Å². The van der Waals surface area contributed by atoms with E-state index in [0.29, 0.717) is 22.3 Å². The minimum absolute atomic E-state index is 0.0280. The summed E-state index contributed by atoms with van der Waals surface area (Å²) in [5, 5.41) is 47.8. The number of hydrogen-bond donors (Lipinski definition) is 0. The van der Waals surface area contributed by atoms with Gasteiger partial charge in [-0.05, 0) is 107 Å². The molecule has 4 aromatic carbocycles. The zero-order valence-corrected chi connectivity index (χ0v) is 33.0. The van der Waals surface area contributed by atoms with Crippen LogP contribution in [-0.4, -0.2) is 0 Å². The lowest BCUT2D eigenvalue weighted by Crippen LogP contribution is -2.15. The van der Waals surface area contributed by atoms with Gasteiger partial charge in [-0.1, -0.05) is 119 Å². The predicted octanol–water partition coefficient (Wildman–Crippen LogP) is 12.7. The van der Waals surface area contributed by atoms with E-state index < -0.39 is 0 Å². The number of benzene rings is 4. The van der Waals surface area contributed by atoms with E-state index in [1.807, 2.05) is 48.5 Å². The standard InChI is InChI=1S/C56H36N4/c57-25-49-41-5-1-2-6-42(41)50(26-58)54-46-22-30-11-12-32-24-48-40-18-36(32)14-34(30)16-38(46)19-37-15-33-13-35-17-39(20-40)47(23-31(35)10-9-29(33)21-45(37)53(49)54)55-51(27-59)43-7-3-4-8-44(43)52(28-60)56(48)55/h1-12,15-18,29,32,46-47H,13-14,19-24H2. The molecule has 4 atom stereocenters. The fourth-order valence-corrected chi connectivity index (χ4v) is 12.8. The smallest absolute Gasteiger partial charge is 0.100 e. The first-order valence-electron chi connectivity index (χ1n) is 21.4. The molecule has 4 aromatic rings. The van der Waals surface area contributed by atoms with Crippen LogP contribution in [0.2, 0.25) is 0 Å². The lowest BCUT2D eigenvalue weighted by atomic mass is 9.72. The van der Waals surface area contributed by atoms with Gasteiger partial charge in [-0.3, -0.25) is 0 Å². The van der Waals surface area contributed by atoms with Crippen LogP contribution in [0, 0.1) is 57.2 Å². The molecule has 0 aromatic heterocycles. The highest BCUT2D eigenvalue weighted by atomic mass is 14.5. The molecule has 9 aliphatic rings. The van der Waals surface area contributed by atoms with Crippen LogP contribution in [0.25, 0.3) is 32.7 Å². The Balaban J connectivity index is 1.12. The Bertz CT molecular complexity index is 3140. The first kappa shape index (κ1) is 33.7. The lowest BCUT2D eigenvalue weighted by Gasteiger charge is -2.30. The summed E-state index contributed by atoms with van der Waals surface area (Å²) < 4.78 is 0. The van der Waals surface area contributed by atoms with Crippen molar-refractivity contribution in [2.24, 2.45) is 11.8 Å². The molecule has 60 heavy (non-hydrogen) atoms. The third-order valence-electron chi connectivity index (χ3n) is 15.5. The first-order valence-corrected chi connectivity index (χ1v) is 21.4. The Kier molecular flexibility index (Phi) is 6.83. The van der Waals surface area contributed by atoms with E-state index in [0.717, 1.165) is 95.2 Å². The number of rotatable bonds is 0. The van der Waals surface area contributed by atoms with Crippen LogP contribution in [0.15, 0.2) is 153 Å². The molecular weight excluding hydrogens is 729 g/mol. The highest BCUT2D eigenvalue weighted by molar-refractivity contribution is 6.02. The molecule has 13 rings (SSSR count). The average molecular weight is 765 g/mol. The summed E-state index contributed by atoms with van der Waals surface area (Å²) in [5.41, 5.74) is 22.6. The van der Waals surface area contributed by atoms with Crippen LogP contribution in [-0.2, 0) is 0 Å². The van der Waals surface area contributed by atoms with Crippen LogP contribution in [0.1, 0.15) is 108 Å². The van der Waals surface area contributed by atoms with Crippen molar-refractivity contribution in [2.75, 3.05) is 0 Å². The summed E-state index contributed by atoms with van der Waals surface area (Å²) >= 11 is 0. The first-order chi connectivity index (χ1) is 29.5. The third-order valence-corrected chi connectivity index (χ3v) is 15.5. The van der Waals surface area contributed by atoms with E-state index >= 15 is 0 Å². The van der Waals surface area contributed by atoms with Crippen LogP contribution >= 0.6 is 0 Å². The van der Waals surface area contributed by atoms with Gasteiger partial charge in [-0.15, -0.1) is 0 Å². The molecule has 0 N–H and O–H groups in total. The Hall–Kier alpha value is -7.24. The fourth-order valence-electron chi connectivity index (χ4n) is 12.8. The second kappa shape index (κ2) is 12.2. The van der Waals surface area contributed by atoms with Gasteiger partial charge in [-0.25, -0.2) is 0 Å². The molecule has 0 spiro atoms. The maximum Gasteiger partial charge on any atom is 0.100 e. The van der Waals surface area contributed by atoms with Gasteiger partial charge in [0.05, 0.1) is 22.3 Å². The molecule has 9 aliphatic carbocycles. The molecule has 4 nitrogen and oxygen atoms in total. The van der Waals surface area contributed by atoms with E-state index in [1.54, 1.807) is 0 Å². The summed E-state index contributed by atoms with van der Waals surface area (Å²) in [6.45, 7) is 0. The van der Waals surface area contributed by atoms with Gasteiger partial charge in [-0.2, -0.15) is 21.0 Å². The zero-order chi connectivity index (χ0) is 40.0. The van der Waals surface area contributed by atoms with Crippen molar-refractivity contribution in [3.05, 3.63) is 197 Å². The maximum atomic E-state index is 11.1. The third kappa shape index (κ3) is 4.41. The van der Waals surface area contributed by atoms with Gasteiger partial charge in [0, 0.05) is 56.3 Å². The van der Waals surface area contributed by atoms with Gasteiger partial charge >= 0.3 is 0 Å². The molecule has 0 fully saturated rings. The number of allylic oxidation sites excluding steroid dienone is 20. The molecular formula is C56H36N4. The van der Waals surface area contributed by atoms with Gasteiger partial charge in [0.1, 0.15) is 24.3 Å². The van der Waals surface area contributed by atoms with Crippen LogP contribution < -0.4 is 0 Å². The molecule has 0 heterocycles. The maximum absolute atomic E-state index is 11.1. The van der Waals surface area contributed by atoms with Crippen molar-refractivity contribution in [1.29, 1.82) is 21.0 Å². The molecule has 0 saturated heterocycles. The van der Waals surface area contributed by atoms with Crippen LogP contribution in [0.3, 0.4) is 0 Å². The van der Waals surface area contributed by atoms with Crippen molar-refractivity contribution in [3.63, 3.8) is 0 Å². The Morgan fingerprint density at radius 1 is 0.400 bits per heavy atom.